The van der Waals surface area contributed by atoms with E-state index >= 15 is 0 Å². The molecule has 7 nitrogen and oxygen atoms in total. The van der Waals surface area contributed by atoms with E-state index < -0.39 is 54.0 Å². The van der Waals surface area contributed by atoms with Crippen molar-refractivity contribution >= 4 is 11.9 Å². The van der Waals surface area contributed by atoms with E-state index in [0.29, 0.717) is 6.42 Å². The predicted molar refractivity (Wildman–Crippen MR) is 107 cm³/mol. The van der Waals surface area contributed by atoms with Crippen molar-refractivity contribution in [3.05, 3.63) is 12.2 Å². The summed E-state index contributed by atoms with van der Waals surface area (Å²) in [5.41, 5.74) is -1.06. The highest BCUT2D eigenvalue weighted by atomic mass is 16.6. The van der Waals surface area contributed by atoms with E-state index in [4.69, 9.17) is 14.2 Å². The van der Waals surface area contributed by atoms with Gasteiger partial charge in [-0.1, -0.05) is 39.5 Å². The van der Waals surface area contributed by atoms with E-state index in [1.807, 2.05) is 6.92 Å². The molecule has 0 aliphatic carbocycles. The first kappa shape index (κ1) is 23.8. The van der Waals surface area contributed by atoms with Gasteiger partial charge in [-0.25, -0.2) is 4.79 Å². The van der Waals surface area contributed by atoms with Crippen LogP contribution in [0.2, 0.25) is 0 Å². The van der Waals surface area contributed by atoms with Crippen molar-refractivity contribution in [1.82, 2.24) is 0 Å². The zero-order valence-corrected chi connectivity index (χ0v) is 18.2. The van der Waals surface area contributed by atoms with Crippen LogP contribution in [0.25, 0.3) is 0 Å². The number of carbonyl (C=O) groups is 2. The third-order valence-corrected chi connectivity index (χ3v) is 6.20. The van der Waals surface area contributed by atoms with Crippen molar-refractivity contribution in [3.8, 4) is 0 Å². The van der Waals surface area contributed by atoms with Gasteiger partial charge in [0.15, 0.2) is 0 Å². The smallest absolute Gasteiger partial charge is 0.330 e. The van der Waals surface area contributed by atoms with Crippen molar-refractivity contribution < 1.29 is 34.0 Å². The maximum atomic E-state index is 12.3. The molecule has 2 heterocycles. The fraction of sp³-hybridized carbons (Fsp3) is 0.818. The van der Waals surface area contributed by atoms with Gasteiger partial charge in [0.25, 0.3) is 0 Å². The van der Waals surface area contributed by atoms with Gasteiger partial charge in [0.1, 0.15) is 17.8 Å². The second kappa shape index (κ2) is 10.0. The minimum absolute atomic E-state index is 0.355. The summed E-state index contributed by atoms with van der Waals surface area (Å²) in [7, 11) is 0. The number of hydrogen-bond donors (Lipinski definition) is 2. The molecule has 2 aliphatic rings. The van der Waals surface area contributed by atoms with E-state index in [9.17, 15) is 19.8 Å². The monoisotopic (exact) mass is 412 g/mol. The summed E-state index contributed by atoms with van der Waals surface area (Å²) in [4.78, 5) is 24.3. The Morgan fingerprint density at radius 1 is 1.28 bits per heavy atom. The average molecular weight is 413 g/mol. The summed E-state index contributed by atoms with van der Waals surface area (Å²) in [6, 6.07) is 0. The molecule has 0 saturated carbocycles. The largest absolute Gasteiger partial charge is 0.458 e. The maximum absolute atomic E-state index is 12.3. The second-order valence-corrected chi connectivity index (χ2v) is 8.63. The van der Waals surface area contributed by atoms with Gasteiger partial charge in [0.2, 0.25) is 0 Å². The van der Waals surface area contributed by atoms with Crippen LogP contribution in [0, 0.1) is 11.8 Å². The molecule has 2 rings (SSSR count). The third kappa shape index (κ3) is 5.38. The minimum atomic E-state index is -1.06. The number of hydrogen-bond acceptors (Lipinski definition) is 7. The van der Waals surface area contributed by atoms with Gasteiger partial charge >= 0.3 is 11.9 Å². The molecule has 2 fully saturated rings. The Morgan fingerprint density at radius 3 is 2.62 bits per heavy atom. The van der Waals surface area contributed by atoms with E-state index in [1.54, 1.807) is 20.8 Å². The van der Waals surface area contributed by atoms with Gasteiger partial charge in [-0.3, -0.25) is 4.79 Å². The highest BCUT2D eigenvalue weighted by molar-refractivity contribution is 5.82. The lowest BCUT2D eigenvalue weighted by atomic mass is 9.73. The van der Waals surface area contributed by atoms with Gasteiger partial charge in [-0.15, -0.1) is 0 Å². The second-order valence-electron chi connectivity index (χ2n) is 8.63. The van der Waals surface area contributed by atoms with Gasteiger partial charge in [0, 0.05) is 12.0 Å². The number of ether oxygens (including phenoxy) is 3. The normalized spacial score (nSPS) is 38.4. The highest BCUT2D eigenvalue weighted by Crippen LogP contribution is 2.43. The predicted octanol–water partition coefficient (Wildman–Crippen LogP) is 2.52. The molecule has 2 aliphatic heterocycles. The molecule has 7 heteroatoms. The van der Waals surface area contributed by atoms with Crippen LogP contribution in [0.15, 0.2) is 12.2 Å². The molecule has 2 saturated heterocycles. The molecular formula is C22H36O7. The minimum Gasteiger partial charge on any atom is -0.458 e. The molecule has 0 spiro atoms. The molecule has 2 N–H and O–H groups in total. The first-order valence-corrected chi connectivity index (χ1v) is 10.7. The van der Waals surface area contributed by atoms with E-state index in [0.717, 1.165) is 25.7 Å². The van der Waals surface area contributed by atoms with Gasteiger partial charge in [0.05, 0.1) is 24.2 Å². The fourth-order valence-electron chi connectivity index (χ4n) is 4.42. The first-order chi connectivity index (χ1) is 13.6. The van der Waals surface area contributed by atoms with Gasteiger partial charge < -0.3 is 24.4 Å². The molecule has 29 heavy (non-hydrogen) atoms. The van der Waals surface area contributed by atoms with Crippen molar-refractivity contribution in [1.29, 1.82) is 0 Å². The number of rotatable bonds is 8. The molecule has 0 amide bonds. The number of aliphatic hydroxyl groups is 2. The molecule has 8 atom stereocenters. The molecule has 0 aromatic rings. The Bertz CT molecular complexity index is 604. The first-order valence-electron chi connectivity index (χ1n) is 10.7. The van der Waals surface area contributed by atoms with Crippen LogP contribution < -0.4 is 0 Å². The van der Waals surface area contributed by atoms with Crippen LogP contribution in [0.5, 0.6) is 0 Å². The summed E-state index contributed by atoms with van der Waals surface area (Å²) >= 11 is 0. The van der Waals surface area contributed by atoms with E-state index in [1.165, 1.54) is 12.2 Å². The van der Waals surface area contributed by atoms with Crippen LogP contribution in [0.1, 0.15) is 66.7 Å². The summed E-state index contributed by atoms with van der Waals surface area (Å²) in [6.07, 6.45) is 3.99. The van der Waals surface area contributed by atoms with Crippen molar-refractivity contribution in [3.63, 3.8) is 0 Å². The van der Waals surface area contributed by atoms with E-state index in [2.05, 4.69) is 6.92 Å². The fourth-order valence-corrected chi connectivity index (χ4v) is 4.42. The number of carbonyl (C=O) groups excluding carboxylic acids is 2. The van der Waals surface area contributed by atoms with Gasteiger partial charge in [-0.2, -0.15) is 0 Å². The summed E-state index contributed by atoms with van der Waals surface area (Å²) in [6.45, 7) is 9.06. The molecule has 0 aromatic heterocycles. The number of esters is 2. The zero-order valence-electron chi connectivity index (χ0n) is 18.2. The van der Waals surface area contributed by atoms with Gasteiger partial charge in [-0.05, 0) is 33.3 Å². The lowest BCUT2D eigenvalue weighted by Gasteiger charge is -2.54. The molecule has 166 valence electrons. The SMILES string of the molecule is CCCCCC[C@H](O)/C=C/C(=O)O[C@@H]1[C@@H](C)[C@@H]2OC(=O)[C@H](C)[C@H](O)[C@@]2(C)O[C@H]1C. The van der Waals surface area contributed by atoms with Crippen LogP contribution >= 0.6 is 0 Å². The van der Waals surface area contributed by atoms with Crippen molar-refractivity contribution in [2.24, 2.45) is 11.8 Å². The average Bonchev–Trinajstić information content (AvgIpc) is 2.67. The summed E-state index contributed by atoms with van der Waals surface area (Å²) < 4.78 is 17.1. The summed E-state index contributed by atoms with van der Waals surface area (Å²) in [5.74, 6) is -2.10. The number of fused-ring (bicyclic) bond motifs is 1. The lowest BCUT2D eigenvalue weighted by molar-refractivity contribution is -0.298. The molecule has 0 radical (unpaired) electrons. The number of unbranched alkanes of at least 4 members (excludes halogenated alkanes) is 3. The Balaban J connectivity index is 1.96. The Labute approximate surface area is 173 Å². The number of aliphatic hydroxyl groups excluding tert-OH is 2. The lowest BCUT2D eigenvalue weighted by Crippen LogP contribution is -2.70. The van der Waals surface area contributed by atoms with Crippen LogP contribution in [0.4, 0.5) is 0 Å². The van der Waals surface area contributed by atoms with Crippen LogP contribution in [-0.2, 0) is 23.8 Å². The van der Waals surface area contributed by atoms with Crippen molar-refractivity contribution in [2.75, 3.05) is 0 Å². The van der Waals surface area contributed by atoms with Crippen LogP contribution in [-0.4, -0.2) is 58.3 Å². The molecule has 0 bridgehead atoms. The highest BCUT2D eigenvalue weighted by Gasteiger charge is 2.60. The zero-order chi connectivity index (χ0) is 21.8. The van der Waals surface area contributed by atoms with E-state index in [-0.39, 0.29) is 5.92 Å². The Morgan fingerprint density at radius 2 is 1.97 bits per heavy atom. The molecule has 0 aromatic carbocycles. The molecular weight excluding hydrogens is 376 g/mol. The Hall–Kier alpha value is -1.44. The van der Waals surface area contributed by atoms with Crippen LogP contribution in [0.3, 0.4) is 0 Å². The maximum Gasteiger partial charge on any atom is 0.330 e. The molecule has 0 unspecified atom stereocenters. The standard InChI is InChI=1S/C22H36O7/c1-6-7-8-9-10-16(23)11-12-17(24)27-18-13(2)20-22(5,29-15(18)4)19(25)14(3)21(26)28-20/h11-16,18-20,23,25H,6-10H2,1-5H3/b12-11+/t13-,14-,15+,16+,18-,19+,20+,22-/m1/s1. The van der Waals surface area contributed by atoms with Crippen molar-refractivity contribution in [2.45, 2.75) is 103 Å². The third-order valence-electron chi connectivity index (χ3n) is 6.20. The topological polar surface area (TPSA) is 102 Å². The quantitative estimate of drug-likeness (QED) is 0.359. The summed E-state index contributed by atoms with van der Waals surface area (Å²) in [5, 5.41) is 20.6. The Kier molecular flexibility index (Phi) is 8.26.